The van der Waals surface area contributed by atoms with Crippen LogP contribution >= 0.6 is 15.9 Å². The quantitative estimate of drug-likeness (QED) is 0.837. The van der Waals surface area contributed by atoms with Gasteiger partial charge in [-0.15, -0.1) is 0 Å². The second kappa shape index (κ2) is 7.71. The third kappa shape index (κ3) is 5.80. The van der Waals surface area contributed by atoms with Crippen LogP contribution in [0.2, 0.25) is 0 Å². The van der Waals surface area contributed by atoms with Crippen molar-refractivity contribution < 1.29 is 4.74 Å². The molecular weight excluding hydrogens is 294 g/mol. The van der Waals surface area contributed by atoms with Crippen molar-refractivity contribution in [2.45, 2.75) is 26.4 Å². The van der Waals surface area contributed by atoms with Crippen LogP contribution in [0.25, 0.3) is 0 Å². The highest BCUT2D eigenvalue weighted by Gasteiger charge is 2.07. The predicted octanol–water partition coefficient (Wildman–Crippen LogP) is 2.28. The maximum absolute atomic E-state index is 5.72. The summed E-state index contributed by atoms with van der Waals surface area (Å²) in [5, 5.41) is 3.38. The molecule has 0 unspecified atom stereocenters. The van der Waals surface area contributed by atoms with Gasteiger partial charge in [-0.2, -0.15) is 0 Å². The molecule has 0 aliphatic rings. The minimum Gasteiger partial charge on any atom is -0.476 e. The topological polar surface area (TPSA) is 37.4 Å². The number of likely N-dealkylation sites (N-methyl/N-ethyl adjacent to an activating group) is 1. The fourth-order valence-corrected chi connectivity index (χ4v) is 1.74. The lowest BCUT2D eigenvalue weighted by Crippen LogP contribution is -2.23. The molecule has 0 fully saturated rings. The standard InChI is InChI=1S/C13H22BrN3O/c1-10(2)15-8-11-7-12(14)9-16-13(11)18-6-5-17(3)4/h7,9-10,15H,5-6,8H2,1-4H3. The van der Waals surface area contributed by atoms with Gasteiger partial charge in [-0.1, -0.05) is 13.8 Å². The Labute approximate surface area is 118 Å². The molecule has 0 atom stereocenters. The Balaban J connectivity index is 2.64. The van der Waals surface area contributed by atoms with Crippen molar-refractivity contribution in [1.82, 2.24) is 15.2 Å². The molecule has 1 N–H and O–H groups in total. The average Bonchev–Trinajstić information content (AvgIpc) is 2.28. The van der Waals surface area contributed by atoms with E-state index in [9.17, 15) is 0 Å². The molecule has 0 saturated carbocycles. The normalized spacial score (nSPS) is 11.3. The fraction of sp³-hybridized carbons (Fsp3) is 0.615. The third-order valence-electron chi connectivity index (χ3n) is 2.37. The average molecular weight is 316 g/mol. The van der Waals surface area contributed by atoms with Gasteiger partial charge in [0.2, 0.25) is 5.88 Å². The minimum atomic E-state index is 0.443. The monoisotopic (exact) mass is 315 g/mol. The number of ether oxygens (including phenoxy) is 1. The lowest BCUT2D eigenvalue weighted by Gasteiger charge is -2.14. The number of aromatic nitrogens is 1. The summed E-state index contributed by atoms with van der Waals surface area (Å²) in [5.41, 5.74) is 1.08. The van der Waals surface area contributed by atoms with E-state index >= 15 is 0 Å². The van der Waals surface area contributed by atoms with Crippen molar-refractivity contribution >= 4 is 15.9 Å². The van der Waals surface area contributed by atoms with Gasteiger partial charge in [-0.05, 0) is 36.1 Å². The molecule has 4 nitrogen and oxygen atoms in total. The first-order valence-electron chi connectivity index (χ1n) is 6.14. The molecule has 0 spiro atoms. The third-order valence-corrected chi connectivity index (χ3v) is 2.80. The van der Waals surface area contributed by atoms with Gasteiger partial charge in [-0.25, -0.2) is 4.98 Å². The molecule has 1 heterocycles. The molecule has 102 valence electrons. The van der Waals surface area contributed by atoms with Crippen LogP contribution in [0.5, 0.6) is 5.88 Å². The van der Waals surface area contributed by atoms with Gasteiger partial charge in [0.1, 0.15) is 6.61 Å². The van der Waals surface area contributed by atoms with Gasteiger partial charge in [0.25, 0.3) is 0 Å². The highest BCUT2D eigenvalue weighted by Crippen LogP contribution is 2.20. The number of nitrogens with zero attached hydrogens (tertiary/aromatic N) is 2. The van der Waals surface area contributed by atoms with Crippen LogP contribution < -0.4 is 10.1 Å². The zero-order chi connectivity index (χ0) is 13.5. The van der Waals surface area contributed by atoms with Gasteiger partial charge in [0.05, 0.1) is 0 Å². The van der Waals surface area contributed by atoms with E-state index in [1.54, 1.807) is 6.20 Å². The van der Waals surface area contributed by atoms with Crippen LogP contribution in [0.3, 0.4) is 0 Å². The maximum Gasteiger partial charge on any atom is 0.217 e. The van der Waals surface area contributed by atoms with Gasteiger partial charge in [0, 0.05) is 35.4 Å². The summed E-state index contributed by atoms with van der Waals surface area (Å²) in [6.07, 6.45) is 1.77. The summed E-state index contributed by atoms with van der Waals surface area (Å²) in [5.74, 6) is 0.716. The molecule has 0 bridgehead atoms. The van der Waals surface area contributed by atoms with Crippen LogP contribution in [-0.2, 0) is 6.54 Å². The highest BCUT2D eigenvalue weighted by atomic mass is 79.9. The van der Waals surface area contributed by atoms with Gasteiger partial charge < -0.3 is 15.0 Å². The van der Waals surface area contributed by atoms with Crippen molar-refractivity contribution in [3.63, 3.8) is 0 Å². The second-order valence-electron chi connectivity index (χ2n) is 4.81. The molecule has 0 radical (unpaired) electrons. The van der Waals surface area contributed by atoms with Crippen molar-refractivity contribution in [3.8, 4) is 5.88 Å². The zero-order valence-electron chi connectivity index (χ0n) is 11.5. The number of halogens is 1. The summed E-state index contributed by atoms with van der Waals surface area (Å²) in [6, 6.07) is 2.49. The van der Waals surface area contributed by atoms with Crippen LogP contribution in [-0.4, -0.2) is 43.2 Å². The Morgan fingerprint density at radius 1 is 1.44 bits per heavy atom. The maximum atomic E-state index is 5.72. The van der Waals surface area contributed by atoms with Crippen LogP contribution in [0.15, 0.2) is 16.7 Å². The van der Waals surface area contributed by atoms with Crippen LogP contribution in [0.4, 0.5) is 0 Å². The zero-order valence-corrected chi connectivity index (χ0v) is 13.1. The highest BCUT2D eigenvalue weighted by molar-refractivity contribution is 9.10. The SMILES string of the molecule is CC(C)NCc1cc(Br)cnc1OCCN(C)C. The summed E-state index contributed by atoms with van der Waals surface area (Å²) in [6.45, 7) is 6.54. The van der Waals surface area contributed by atoms with E-state index < -0.39 is 0 Å². The molecule has 0 aliphatic carbocycles. The number of nitrogens with one attached hydrogen (secondary N) is 1. The summed E-state index contributed by atoms with van der Waals surface area (Å²) < 4.78 is 6.70. The molecule has 1 aromatic heterocycles. The lowest BCUT2D eigenvalue weighted by molar-refractivity contribution is 0.251. The van der Waals surface area contributed by atoms with Crippen LogP contribution in [0, 0.1) is 0 Å². The van der Waals surface area contributed by atoms with E-state index in [2.05, 4.69) is 45.0 Å². The van der Waals surface area contributed by atoms with E-state index in [-0.39, 0.29) is 0 Å². The van der Waals surface area contributed by atoms with Gasteiger partial charge in [-0.3, -0.25) is 0 Å². The number of hydrogen-bond acceptors (Lipinski definition) is 4. The number of hydrogen-bond donors (Lipinski definition) is 1. The summed E-state index contributed by atoms with van der Waals surface area (Å²) in [7, 11) is 4.05. The van der Waals surface area contributed by atoms with Crippen molar-refractivity contribution in [2.24, 2.45) is 0 Å². The molecule has 5 heteroatoms. The van der Waals surface area contributed by atoms with Crippen molar-refractivity contribution in [2.75, 3.05) is 27.2 Å². The Morgan fingerprint density at radius 2 is 2.17 bits per heavy atom. The molecule has 0 amide bonds. The van der Waals surface area contributed by atoms with Crippen molar-refractivity contribution in [1.29, 1.82) is 0 Å². The molecule has 0 aromatic carbocycles. The van der Waals surface area contributed by atoms with E-state index in [1.165, 1.54) is 0 Å². The van der Waals surface area contributed by atoms with E-state index in [4.69, 9.17) is 4.74 Å². The Hall–Kier alpha value is -0.650. The largest absolute Gasteiger partial charge is 0.476 e. The lowest BCUT2D eigenvalue weighted by atomic mass is 10.2. The molecule has 18 heavy (non-hydrogen) atoms. The molecule has 0 saturated heterocycles. The van der Waals surface area contributed by atoms with Crippen LogP contribution in [0.1, 0.15) is 19.4 Å². The summed E-state index contributed by atoms with van der Waals surface area (Å²) in [4.78, 5) is 6.41. The first-order valence-corrected chi connectivity index (χ1v) is 6.93. The number of rotatable bonds is 7. The smallest absolute Gasteiger partial charge is 0.217 e. The predicted molar refractivity (Wildman–Crippen MR) is 78.0 cm³/mol. The Bertz CT molecular complexity index is 369. The molecule has 0 aliphatic heterocycles. The Kier molecular flexibility index (Phi) is 6.60. The fourth-order valence-electron chi connectivity index (χ4n) is 1.36. The van der Waals surface area contributed by atoms with Gasteiger partial charge >= 0.3 is 0 Å². The Morgan fingerprint density at radius 3 is 2.78 bits per heavy atom. The first-order chi connectivity index (χ1) is 8.49. The van der Waals surface area contributed by atoms with E-state index in [1.807, 2.05) is 20.2 Å². The molecule has 1 rings (SSSR count). The summed E-state index contributed by atoms with van der Waals surface area (Å²) >= 11 is 3.44. The first kappa shape index (κ1) is 15.4. The second-order valence-corrected chi connectivity index (χ2v) is 5.72. The molecule has 1 aromatic rings. The van der Waals surface area contributed by atoms with E-state index in [0.717, 1.165) is 23.1 Å². The van der Waals surface area contributed by atoms with Crippen molar-refractivity contribution in [3.05, 3.63) is 22.3 Å². The number of pyridine rings is 1. The van der Waals surface area contributed by atoms with Gasteiger partial charge in [0.15, 0.2) is 0 Å². The van der Waals surface area contributed by atoms with E-state index in [0.29, 0.717) is 18.5 Å². The minimum absolute atomic E-state index is 0.443. The molecular formula is C13H22BrN3O.